The van der Waals surface area contributed by atoms with Gasteiger partial charge >= 0.3 is 0 Å². The van der Waals surface area contributed by atoms with Crippen LogP contribution in [0.15, 0.2) is 55.0 Å². The van der Waals surface area contributed by atoms with Gasteiger partial charge in [-0.05, 0) is 29.8 Å². The van der Waals surface area contributed by atoms with Crippen LogP contribution < -0.4 is 15.5 Å². The Labute approximate surface area is 206 Å². The third-order valence-electron chi connectivity index (χ3n) is 6.34. The van der Waals surface area contributed by atoms with E-state index in [1.54, 1.807) is 18.5 Å². The minimum atomic E-state index is -0.528. The van der Waals surface area contributed by atoms with Crippen LogP contribution in [0.3, 0.4) is 0 Å². The van der Waals surface area contributed by atoms with Crippen LogP contribution in [0.2, 0.25) is 5.02 Å². The quantitative estimate of drug-likeness (QED) is 0.403. The number of aliphatic hydroxyl groups excluding tert-OH is 1. The Morgan fingerprint density at radius 2 is 2.09 bits per heavy atom. The lowest BCUT2D eigenvalue weighted by molar-refractivity contribution is 0.0597. The molecule has 2 aliphatic rings. The number of hydrogen-bond donors (Lipinski definition) is 3. The topological polar surface area (TPSA) is 104 Å². The molecule has 1 atom stereocenters. The molecule has 4 aromatic rings. The number of β-amino-alcohol motifs (C(OH)–C–C–N with tert-alkyl or cyclic N) is 1. The number of nitrogens with one attached hydrogen (secondary N) is 2. The van der Waals surface area contributed by atoms with E-state index in [0.29, 0.717) is 54.9 Å². The van der Waals surface area contributed by atoms with Crippen molar-refractivity contribution in [3.8, 4) is 11.3 Å². The van der Waals surface area contributed by atoms with E-state index < -0.39 is 6.10 Å². The number of pyridine rings is 2. The molecule has 1 aromatic carbocycles. The largest absolute Gasteiger partial charge is 0.389 e. The molecule has 0 unspecified atom stereocenters. The van der Waals surface area contributed by atoms with Gasteiger partial charge in [0.1, 0.15) is 11.5 Å². The maximum Gasteiger partial charge on any atom is 0.254 e. The highest BCUT2D eigenvalue weighted by Crippen LogP contribution is 2.35. The number of aromatic nitrogens is 3. The van der Waals surface area contributed by atoms with E-state index in [-0.39, 0.29) is 5.91 Å². The zero-order valence-electron chi connectivity index (χ0n) is 18.7. The number of amides is 1. The average Bonchev–Trinajstić information content (AvgIpc) is 3.38. The van der Waals surface area contributed by atoms with Gasteiger partial charge in [0.05, 0.1) is 54.3 Å². The number of benzene rings is 1. The van der Waals surface area contributed by atoms with E-state index in [1.165, 1.54) is 0 Å². The molecule has 0 bridgehead atoms. The first-order valence-electron chi connectivity index (χ1n) is 11.4. The number of aliphatic hydroxyl groups is 1. The maximum atomic E-state index is 12.8. The van der Waals surface area contributed by atoms with E-state index in [2.05, 4.69) is 25.5 Å². The van der Waals surface area contributed by atoms with E-state index in [9.17, 15) is 9.90 Å². The van der Waals surface area contributed by atoms with Gasteiger partial charge in [0.15, 0.2) is 0 Å². The van der Waals surface area contributed by atoms with Crippen LogP contribution in [-0.4, -0.2) is 57.8 Å². The molecule has 2 aliphatic heterocycles. The number of nitrogens with zero attached hydrogens (tertiary/aromatic N) is 4. The predicted octanol–water partition coefficient (Wildman–Crippen LogP) is 3.23. The molecule has 10 heteroatoms. The summed E-state index contributed by atoms with van der Waals surface area (Å²) in [6.07, 6.45) is 4.91. The van der Waals surface area contributed by atoms with Crippen LogP contribution in [-0.2, 0) is 11.3 Å². The van der Waals surface area contributed by atoms with Crippen LogP contribution in [0.1, 0.15) is 15.9 Å². The van der Waals surface area contributed by atoms with Crippen molar-refractivity contribution in [2.24, 2.45) is 0 Å². The molecule has 0 saturated carbocycles. The molecule has 178 valence electrons. The van der Waals surface area contributed by atoms with Gasteiger partial charge in [-0.3, -0.25) is 9.20 Å². The fourth-order valence-corrected chi connectivity index (χ4v) is 4.81. The lowest BCUT2D eigenvalue weighted by Crippen LogP contribution is -2.32. The normalized spacial score (nSPS) is 17.8. The van der Waals surface area contributed by atoms with Crippen LogP contribution >= 0.6 is 11.6 Å². The second kappa shape index (κ2) is 8.84. The number of anilines is 3. The Morgan fingerprint density at radius 3 is 2.94 bits per heavy atom. The van der Waals surface area contributed by atoms with Crippen LogP contribution in [0, 0.1) is 0 Å². The summed E-state index contributed by atoms with van der Waals surface area (Å²) in [6, 6.07) is 11.3. The molecule has 5 heterocycles. The number of ether oxygens (including phenoxy) is 1. The molecule has 35 heavy (non-hydrogen) atoms. The molecule has 1 saturated heterocycles. The fraction of sp³-hybridized carbons (Fsp3) is 0.240. The van der Waals surface area contributed by atoms with Gasteiger partial charge in [-0.1, -0.05) is 17.7 Å². The number of fused-ring (bicyclic) bond motifs is 2. The van der Waals surface area contributed by atoms with Crippen molar-refractivity contribution >= 4 is 40.3 Å². The zero-order chi connectivity index (χ0) is 23.9. The van der Waals surface area contributed by atoms with Crippen molar-refractivity contribution in [3.05, 3.63) is 71.1 Å². The van der Waals surface area contributed by atoms with E-state index in [1.807, 2.05) is 40.9 Å². The Hall–Kier alpha value is -3.66. The molecule has 0 aliphatic carbocycles. The smallest absolute Gasteiger partial charge is 0.254 e. The van der Waals surface area contributed by atoms with Crippen molar-refractivity contribution in [3.63, 3.8) is 0 Å². The molecule has 0 radical (unpaired) electrons. The van der Waals surface area contributed by atoms with Gasteiger partial charge in [-0.25, -0.2) is 9.97 Å². The minimum Gasteiger partial charge on any atom is -0.389 e. The molecular formula is C25H23ClN6O3. The summed E-state index contributed by atoms with van der Waals surface area (Å²) in [5, 5.41) is 16.9. The molecule has 1 amide bonds. The summed E-state index contributed by atoms with van der Waals surface area (Å²) in [6.45, 7) is 2.53. The summed E-state index contributed by atoms with van der Waals surface area (Å²) in [4.78, 5) is 23.8. The average molecular weight is 491 g/mol. The zero-order valence-corrected chi connectivity index (χ0v) is 19.5. The number of rotatable bonds is 4. The number of carbonyl (C=O) groups excluding carboxylic acids is 1. The van der Waals surface area contributed by atoms with Gasteiger partial charge in [0.25, 0.3) is 5.91 Å². The molecule has 3 N–H and O–H groups in total. The highest BCUT2D eigenvalue weighted by molar-refractivity contribution is 6.30. The summed E-state index contributed by atoms with van der Waals surface area (Å²) < 4.78 is 7.37. The van der Waals surface area contributed by atoms with Crippen LogP contribution in [0.4, 0.5) is 17.2 Å². The predicted molar refractivity (Wildman–Crippen MR) is 133 cm³/mol. The van der Waals surface area contributed by atoms with Gasteiger partial charge in [0, 0.05) is 42.5 Å². The first kappa shape index (κ1) is 21.8. The Bertz CT molecular complexity index is 1420. The van der Waals surface area contributed by atoms with Crippen LogP contribution in [0.25, 0.3) is 16.9 Å². The molecule has 1 fully saturated rings. The monoisotopic (exact) mass is 490 g/mol. The molecule has 6 rings (SSSR count). The summed E-state index contributed by atoms with van der Waals surface area (Å²) in [5.74, 6) is 0.496. The van der Waals surface area contributed by atoms with Gasteiger partial charge in [-0.2, -0.15) is 0 Å². The number of hydrogen-bond acceptors (Lipinski definition) is 7. The Morgan fingerprint density at radius 1 is 1.17 bits per heavy atom. The van der Waals surface area contributed by atoms with E-state index >= 15 is 0 Å². The third-order valence-corrected chi connectivity index (χ3v) is 6.57. The van der Waals surface area contributed by atoms with E-state index in [4.69, 9.17) is 16.3 Å². The maximum absolute atomic E-state index is 12.8. The fourth-order valence-electron chi connectivity index (χ4n) is 4.66. The van der Waals surface area contributed by atoms with Crippen molar-refractivity contribution in [1.82, 2.24) is 19.7 Å². The summed E-state index contributed by atoms with van der Waals surface area (Å²) in [7, 11) is 0. The number of imidazole rings is 1. The van der Waals surface area contributed by atoms with Crippen LogP contribution in [0.5, 0.6) is 0 Å². The highest BCUT2D eigenvalue weighted by atomic mass is 35.5. The Balaban J connectivity index is 1.30. The minimum absolute atomic E-state index is 0.128. The molecule has 3 aromatic heterocycles. The highest BCUT2D eigenvalue weighted by Gasteiger charge is 2.27. The second-order valence-electron chi connectivity index (χ2n) is 8.61. The molecule has 0 spiro atoms. The lowest BCUT2D eigenvalue weighted by Gasteiger charge is -2.23. The molecule has 9 nitrogen and oxygen atoms in total. The first-order chi connectivity index (χ1) is 17.1. The van der Waals surface area contributed by atoms with Gasteiger partial charge < -0.3 is 25.4 Å². The van der Waals surface area contributed by atoms with E-state index in [0.717, 1.165) is 28.2 Å². The van der Waals surface area contributed by atoms with Gasteiger partial charge in [-0.15, -0.1) is 0 Å². The summed E-state index contributed by atoms with van der Waals surface area (Å²) >= 11 is 6.11. The summed E-state index contributed by atoms with van der Waals surface area (Å²) in [5.41, 5.74) is 5.68. The lowest BCUT2D eigenvalue weighted by atomic mass is 9.99. The standard InChI is InChI=1S/C25H23ClN6O3/c26-15-5-6-32-21(12-28-23(32)9-15)18-2-3-20(24-19(18)11-29-25(24)34)30-22-4-1-16(10-27-22)31-7-8-35-14-17(33)13-31/h1-6,9-10,12,17,33H,7-8,11,13-14H2,(H,27,30)(H,29,34)/t17-/m1/s1. The van der Waals surface area contributed by atoms with Crippen molar-refractivity contribution in [2.75, 3.05) is 36.5 Å². The molecular weight excluding hydrogens is 468 g/mol. The third kappa shape index (κ3) is 4.07. The number of halogens is 1. The van der Waals surface area contributed by atoms with Gasteiger partial charge in [0.2, 0.25) is 0 Å². The second-order valence-corrected chi connectivity index (χ2v) is 9.05. The number of carbonyl (C=O) groups is 1. The SMILES string of the molecule is O=C1NCc2c(-c3cnc4cc(Cl)ccn34)ccc(Nc3ccc(N4CCOC[C@H](O)C4)cn3)c21. The Kier molecular flexibility index (Phi) is 5.52. The van der Waals surface area contributed by atoms with Crippen molar-refractivity contribution in [2.45, 2.75) is 12.6 Å². The van der Waals surface area contributed by atoms with Crippen molar-refractivity contribution in [1.29, 1.82) is 0 Å². The van der Waals surface area contributed by atoms with Crippen molar-refractivity contribution < 1.29 is 14.6 Å². The first-order valence-corrected chi connectivity index (χ1v) is 11.8.